The molecule has 0 aliphatic heterocycles. The van der Waals surface area contributed by atoms with Crippen LogP contribution in [0, 0.1) is 0 Å². The van der Waals surface area contributed by atoms with E-state index < -0.39 is 47.9 Å². The smallest absolute Gasteiger partial charge is 0.327 e. The number of carbonyl (C=O) groups is 4. The molecule has 0 bridgehead atoms. The zero-order valence-corrected chi connectivity index (χ0v) is 23.9. The number of carboxylic acids is 1. The predicted octanol–water partition coefficient (Wildman–Crippen LogP) is 0.421. The van der Waals surface area contributed by atoms with E-state index in [1.807, 2.05) is 24.3 Å². The Hall–Kier alpha value is -4.82. The maximum Gasteiger partial charge on any atom is 0.327 e. The lowest BCUT2D eigenvalue weighted by Gasteiger charge is -2.25. The Bertz CT molecular complexity index is 1560. The maximum absolute atomic E-state index is 13.6. The lowest BCUT2D eigenvalue weighted by molar-refractivity contribution is -0.141. The second kappa shape index (κ2) is 14.4. The number of hydrogen-bond donors (Lipinski definition) is 9. The normalized spacial score (nSPS) is 13.9. The first-order valence-electron chi connectivity index (χ1n) is 13.4. The van der Waals surface area contributed by atoms with E-state index in [0.29, 0.717) is 11.3 Å². The van der Waals surface area contributed by atoms with Gasteiger partial charge in [-0.05, 0) is 35.7 Å². The highest BCUT2D eigenvalue weighted by atomic mass is 32.1. The number of nitrogens with two attached hydrogens (primary N) is 1. The molecular formula is C29H33N7O6S. The fraction of sp³-hybridized carbons (Fsp3) is 0.276. The molecule has 0 aliphatic carbocycles. The van der Waals surface area contributed by atoms with Gasteiger partial charge in [-0.3, -0.25) is 14.4 Å². The number of carbonyl (C=O) groups excluding carboxylic acids is 3. The summed E-state index contributed by atoms with van der Waals surface area (Å²) in [5, 5.41) is 27.7. The molecule has 43 heavy (non-hydrogen) atoms. The van der Waals surface area contributed by atoms with Crippen molar-refractivity contribution in [2.45, 2.75) is 43.4 Å². The zero-order chi connectivity index (χ0) is 30.9. The monoisotopic (exact) mass is 607 g/mol. The van der Waals surface area contributed by atoms with Crippen molar-refractivity contribution in [3.8, 4) is 5.75 Å². The number of nitrogens with zero attached hydrogens (tertiary/aromatic N) is 1. The molecule has 0 fully saturated rings. The first-order valence-corrected chi connectivity index (χ1v) is 14.1. The van der Waals surface area contributed by atoms with Gasteiger partial charge in [0.25, 0.3) is 0 Å². The minimum Gasteiger partial charge on any atom is -0.508 e. The molecule has 2 heterocycles. The number of aromatic nitrogens is 3. The quantitative estimate of drug-likeness (QED) is 0.0914. The molecule has 4 atom stereocenters. The number of phenolic OH excluding ortho intramolecular Hbond substituents is 1. The standard InChI is InChI=1S/C29H33N7O6S/c30-21(10-17-12-32-22-4-2-1-3-20(17)22)26(38)34-23(9-16-5-7-19(37)8-6-16)27(39)35-24(11-18-13-31-15-33-18)28(40)36-25(14-43)29(41)42/h1-8,12-13,15,21,23-25,32,37,43H,9-11,14,30H2,(H,31,33)(H,34,38)(H,35,39)(H,36,40)(H,41,42). The SMILES string of the molecule is NC(Cc1c[nH]c2ccccc12)C(=O)NC(Cc1ccc(O)cc1)C(=O)NC(Cc1cnc[nH]1)C(=O)NC(CS)C(=O)O. The lowest BCUT2D eigenvalue weighted by Crippen LogP contribution is -2.58. The molecule has 0 saturated carbocycles. The summed E-state index contributed by atoms with van der Waals surface area (Å²) in [5.74, 6) is -3.45. The van der Waals surface area contributed by atoms with Crippen LogP contribution in [-0.4, -0.2) is 78.8 Å². The number of imidazole rings is 1. The number of H-pyrrole nitrogens is 2. The number of aromatic amines is 2. The molecule has 13 nitrogen and oxygen atoms in total. The number of hydrogen-bond acceptors (Lipinski definition) is 8. The predicted molar refractivity (Wildman–Crippen MR) is 161 cm³/mol. The Labute approximate surface area is 252 Å². The second-order valence-corrected chi connectivity index (χ2v) is 10.4. The van der Waals surface area contributed by atoms with Crippen molar-refractivity contribution in [2.75, 3.05) is 5.75 Å². The topological polar surface area (TPSA) is 215 Å². The fourth-order valence-corrected chi connectivity index (χ4v) is 4.79. The van der Waals surface area contributed by atoms with Gasteiger partial charge in [0.05, 0.1) is 12.4 Å². The van der Waals surface area contributed by atoms with Crippen molar-refractivity contribution in [3.05, 3.63) is 84.1 Å². The minimum absolute atomic E-state index is 0.0183. The minimum atomic E-state index is -1.29. The van der Waals surface area contributed by atoms with E-state index in [4.69, 9.17) is 5.73 Å². The van der Waals surface area contributed by atoms with Crippen molar-refractivity contribution >= 4 is 47.2 Å². The summed E-state index contributed by atoms with van der Waals surface area (Å²) in [6.07, 6.45) is 4.85. The largest absolute Gasteiger partial charge is 0.508 e. The molecule has 2 aromatic heterocycles. The third kappa shape index (κ3) is 8.36. The van der Waals surface area contributed by atoms with Crippen molar-refractivity contribution in [1.29, 1.82) is 0 Å². The summed E-state index contributed by atoms with van der Waals surface area (Å²) >= 11 is 3.98. The number of aromatic hydroxyl groups is 1. The third-order valence-corrected chi connectivity index (χ3v) is 7.23. The molecule has 9 N–H and O–H groups in total. The van der Waals surface area contributed by atoms with Crippen LogP contribution in [0.4, 0.5) is 0 Å². The number of phenols is 1. The maximum atomic E-state index is 13.6. The number of rotatable bonds is 14. The van der Waals surface area contributed by atoms with Crippen molar-refractivity contribution in [1.82, 2.24) is 30.9 Å². The average molecular weight is 608 g/mol. The van der Waals surface area contributed by atoms with E-state index in [-0.39, 0.29) is 30.8 Å². The van der Waals surface area contributed by atoms with Gasteiger partial charge >= 0.3 is 5.97 Å². The van der Waals surface area contributed by atoms with Crippen LogP contribution in [0.2, 0.25) is 0 Å². The van der Waals surface area contributed by atoms with Gasteiger partial charge < -0.3 is 41.9 Å². The lowest BCUT2D eigenvalue weighted by atomic mass is 10.0. The highest BCUT2D eigenvalue weighted by molar-refractivity contribution is 7.80. The zero-order valence-electron chi connectivity index (χ0n) is 23.0. The van der Waals surface area contributed by atoms with Gasteiger partial charge in [0.2, 0.25) is 17.7 Å². The Kier molecular flexibility index (Phi) is 10.4. The first kappa shape index (κ1) is 31.1. The van der Waals surface area contributed by atoms with Gasteiger partial charge in [0.1, 0.15) is 23.9 Å². The number of aliphatic carboxylic acids is 1. The van der Waals surface area contributed by atoms with E-state index in [2.05, 4.69) is 43.5 Å². The van der Waals surface area contributed by atoms with Gasteiger partial charge in [-0.2, -0.15) is 12.6 Å². The second-order valence-electron chi connectivity index (χ2n) is 10.0. The molecule has 14 heteroatoms. The number of fused-ring (bicyclic) bond motifs is 1. The van der Waals surface area contributed by atoms with Crippen molar-refractivity contribution in [3.63, 3.8) is 0 Å². The summed E-state index contributed by atoms with van der Waals surface area (Å²) in [6, 6.07) is 9.05. The van der Waals surface area contributed by atoms with Crippen LogP contribution in [0.3, 0.4) is 0 Å². The summed E-state index contributed by atoms with van der Waals surface area (Å²) in [7, 11) is 0. The van der Waals surface area contributed by atoms with E-state index in [1.54, 1.807) is 18.3 Å². The molecule has 4 rings (SSSR count). The molecule has 4 unspecified atom stereocenters. The number of benzene rings is 2. The Balaban J connectivity index is 1.53. The van der Waals surface area contributed by atoms with Crippen LogP contribution in [0.25, 0.3) is 10.9 Å². The van der Waals surface area contributed by atoms with Crippen LogP contribution in [0.5, 0.6) is 5.75 Å². The van der Waals surface area contributed by atoms with Crippen molar-refractivity contribution in [2.24, 2.45) is 5.73 Å². The Morgan fingerprint density at radius 2 is 1.51 bits per heavy atom. The molecular weight excluding hydrogens is 574 g/mol. The van der Waals surface area contributed by atoms with Crippen LogP contribution >= 0.6 is 12.6 Å². The summed E-state index contributed by atoms with van der Waals surface area (Å²) in [6.45, 7) is 0. The van der Waals surface area contributed by atoms with Crippen LogP contribution in [0.1, 0.15) is 16.8 Å². The van der Waals surface area contributed by atoms with Gasteiger partial charge in [0.15, 0.2) is 0 Å². The van der Waals surface area contributed by atoms with Crippen LogP contribution in [-0.2, 0) is 38.4 Å². The number of amides is 3. The van der Waals surface area contributed by atoms with Gasteiger partial charge in [-0.15, -0.1) is 0 Å². The van der Waals surface area contributed by atoms with E-state index in [0.717, 1.165) is 16.5 Å². The fourth-order valence-electron chi connectivity index (χ4n) is 4.54. The highest BCUT2D eigenvalue weighted by Crippen LogP contribution is 2.19. The number of carboxylic acid groups (broad SMARTS) is 1. The average Bonchev–Trinajstić information content (AvgIpc) is 3.66. The summed E-state index contributed by atoms with van der Waals surface area (Å²) in [4.78, 5) is 61.4. The van der Waals surface area contributed by atoms with Gasteiger partial charge in [-0.1, -0.05) is 30.3 Å². The number of thiol groups is 1. The number of nitrogens with one attached hydrogen (secondary N) is 5. The van der Waals surface area contributed by atoms with Crippen LogP contribution in [0.15, 0.2) is 67.3 Å². The molecule has 0 spiro atoms. The third-order valence-electron chi connectivity index (χ3n) is 6.87. The summed E-state index contributed by atoms with van der Waals surface area (Å²) in [5.41, 5.74) is 9.15. The first-order chi connectivity index (χ1) is 20.6. The van der Waals surface area contributed by atoms with E-state index in [1.165, 1.54) is 24.7 Å². The summed E-state index contributed by atoms with van der Waals surface area (Å²) < 4.78 is 0. The Morgan fingerprint density at radius 3 is 2.16 bits per heavy atom. The Morgan fingerprint density at radius 1 is 0.860 bits per heavy atom. The van der Waals surface area contributed by atoms with Crippen molar-refractivity contribution < 1.29 is 29.4 Å². The van der Waals surface area contributed by atoms with Gasteiger partial charge in [0, 0.05) is 47.6 Å². The molecule has 0 saturated heterocycles. The highest BCUT2D eigenvalue weighted by Gasteiger charge is 2.31. The van der Waals surface area contributed by atoms with Crippen LogP contribution < -0.4 is 21.7 Å². The molecule has 2 aromatic carbocycles. The molecule has 0 aliphatic rings. The number of para-hydroxylation sites is 1. The van der Waals surface area contributed by atoms with Gasteiger partial charge in [-0.25, -0.2) is 9.78 Å². The van der Waals surface area contributed by atoms with E-state index in [9.17, 15) is 29.4 Å². The van der Waals surface area contributed by atoms with E-state index >= 15 is 0 Å². The molecule has 0 radical (unpaired) electrons. The molecule has 3 amide bonds. The molecule has 226 valence electrons. The molecule has 4 aromatic rings.